The topological polar surface area (TPSA) is 83.8 Å². The van der Waals surface area contributed by atoms with Gasteiger partial charge in [-0.2, -0.15) is 0 Å². The van der Waals surface area contributed by atoms with Crippen LogP contribution in [0.5, 0.6) is 0 Å². The van der Waals surface area contributed by atoms with Gasteiger partial charge in [-0.05, 0) is 0 Å². The predicted molar refractivity (Wildman–Crippen MR) is 40.5 cm³/mol. The fourth-order valence-corrected chi connectivity index (χ4v) is 1.22. The van der Waals surface area contributed by atoms with Crippen molar-refractivity contribution in [2.24, 2.45) is 0 Å². The summed E-state index contributed by atoms with van der Waals surface area (Å²) in [4.78, 5) is 28.6. The molecular formula is C2H5BO5P2. The van der Waals surface area contributed by atoms with Crippen LogP contribution in [0.2, 0.25) is 0 Å². The second kappa shape index (κ2) is 4.61. The van der Waals surface area contributed by atoms with Gasteiger partial charge in [-0.1, -0.05) is 0 Å². The molecule has 0 amide bonds. The third-order valence-corrected chi connectivity index (χ3v) is 1.55. The van der Waals surface area contributed by atoms with E-state index < -0.39 is 28.3 Å². The van der Waals surface area contributed by atoms with Crippen LogP contribution >= 0.6 is 16.8 Å². The van der Waals surface area contributed by atoms with Gasteiger partial charge in [0.05, 0.1) is 0 Å². The normalized spacial score (nSPS) is 13.3. The molecule has 0 aliphatic heterocycles. The monoisotopic (exact) mass is 182 g/mol. The van der Waals surface area contributed by atoms with Crippen molar-refractivity contribution in [1.82, 2.24) is 0 Å². The highest BCUT2D eigenvalue weighted by Gasteiger charge is 2.10. The van der Waals surface area contributed by atoms with E-state index in [2.05, 4.69) is 4.52 Å². The van der Waals surface area contributed by atoms with E-state index in [1.54, 1.807) is 0 Å². The van der Waals surface area contributed by atoms with Gasteiger partial charge in [-0.15, -0.1) is 0 Å². The number of carboxylic acid groups (broad SMARTS) is 1. The molecule has 0 aromatic rings. The Balaban J connectivity index is 3.54. The quantitative estimate of drug-likeness (QED) is 0.485. The third kappa shape index (κ3) is 5.95. The summed E-state index contributed by atoms with van der Waals surface area (Å²) in [5.41, 5.74) is -2.12. The van der Waals surface area contributed by atoms with Crippen LogP contribution in [0.15, 0.2) is 0 Å². The van der Waals surface area contributed by atoms with Crippen molar-refractivity contribution in [3.05, 3.63) is 0 Å². The van der Waals surface area contributed by atoms with Crippen molar-refractivity contribution in [3.8, 4) is 0 Å². The number of hydrogen-bond acceptors (Lipinski definition) is 4. The van der Waals surface area contributed by atoms with Gasteiger partial charge in [0.25, 0.3) is 0 Å². The summed E-state index contributed by atoms with van der Waals surface area (Å²) in [5.74, 6) is 0. The van der Waals surface area contributed by atoms with E-state index in [0.29, 0.717) is 0 Å². The molecule has 0 saturated carbocycles. The minimum absolute atomic E-state index is 0.886. The largest absolute Gasteiger partial charge is 0.478 e. The van der Waals surface area contributed by atoms with Crippen LogP contribution in [0.4, 0.5) is 9.59 Å². The Bertz CT molecular complexity index is 147. The molecule has 0 radical (unpaired) electrons. The van der Waals surface area contributed by atoms with Gasteiger partial charge in [0.15, 0.2) is 8.25 Å². The SMILES string of the molecule is BP(O)OC(=O)PC(=O)O. The lowest BCUT2D eigenvalue weighted by Gasteiger charge is -2.02. The number of rotatable bonds is 3. The molecule has 0 heterocycles. The molecule has 2 unspecified atom stereocenters. The molecular weight excluding hydrogens is 177 g/mol. The number of carbonyl (C=O) groups is 2. The van der Waals surface area contributed by atoms with Crippen molar-refractivity contribution in [2.75, 3.05) is 0 Å². The highest BCUT2D eigenvalue weighted by Crippen LogP contribution is 2.29. The summed E-state index contributed by atoms with van der Waals surface area (Å²) in [6, 6.07) is 0. The predicted octanol–water partition coefficient (Wildman–Crippen LogP) is 0.332. The van der Waals surface area contributed by atoms with Gasteiger partial charge in [0.1, 0.15) is 8.58 Å². The van der Waals surface area contributed by atoms with Crippen LogP contribution in [-0.4, -0.2) is 29.0 Å². The fourth-order valence-electron chi connectivity index (χ4n) is 0.230. The standard InChI is InChI=1S/C2H5BO5P2/c3-10(7)8-2(6)9-1(4)5/h7,9H,3H2,(H,4,5). The maximum absolute atomic E-state index is 10.3. The van der Waals surface area contributed by atoms with E-state index >= 15 is 0 Å². The first kappa shape index (κ1) is 9.82. The minimum atomic E-state index is -1.78. The lowest BCUT2D eigenvalue weighted by Crippen LogP contribution is -1.93. The number of carbonyl (C=O) groups excluding carboxylic acids is 1. The van der Waals surface area contributed by atoms with Crippen molar-refractivity contribution >= 4 is 35.8 Å². The summed E-state index contributed by atoms with van der Waals surface area (Å²) in [6.45, 7) is 0. The Labute approximate surface area is 60.8 Å². The Kier molecular flexibility index (Phi) is 4.53. The van der Waals surface area contributed by atoms with Crippen LogP contribution in [0, 0.1) is 0 Å². The molecule has 0 aromatic heterocycles. The maximum atomic E-state index is 10.3. The van der Waals surface area contributed by atoms with Crippen LogP contribution in [0.25, 0.3) is 0 Å². The summed E-state index contributed by atoms with van der Waals surface area (Å²) in [6.07, 6.45) is 0. The van der Waals surface area contributed by atoms with Crippen LogP contribution in [-0.2, 0) is 4.52 Å². The summed E-state index contributed by atoms with van der Waals surface area (Å²) < 4.78 is 4.17. The molecule has 0 spiro atoms. The Morgan fingerprint density at radius 3 is 2.40 bits per heavy atom. The Morgan fingerprint density at radius 2 is 2.10 bits per heavy atom. The first-order valence-corrected chi connectivity index (χ1v) is 4.83. The minimum Gasteiger partial charge on any atom is -0.478 e. The van der Waals surface area contributed by atoms with Crippen LogP contribution in [0.1, 0.15) is 0 Å². The fraction of sp³-hybridized carbons (Fsp3) is 0. The first-order chi connectivity index (χ1) is 4.52. The zero-order chi connectivity index (χ0) is 8.15. The zero-order valence-electron chi connectivity index (χ0n) is 5.07. The van der Waals surface area contributed by atoms with Gasteiger partial charge in [0, 0.05) is 0 Å². The second-order valence-electron chi connectivity index (χ2n) is 1.27. The van der Waals surface area contributed by atoms with Gasteiger partial charge in [0.2, 0.25) is 7.57 Å². The second-order valence-corrected chi connectivity index (χ2v) is 3.47. The van der Waals surface area contributed by atoms with Gasteiger partial charge in [-0.25, -0.2) is 9.59 Å². The maximum Gasteiger partial charge on any atom is 0.338 e. The highest BCUT2D eigenvalue weighted by atomic mass is 31.2. The van der Waals surface area contributed by atoms with E-state index in [4.69, 9.17) is 10.00 Å². The lowest BCUT2D eigenvalue weighted by atomic mass is 10.8. The molecule has 56 valence electrons. The van der Waals surface area contributed by atoms with Gasteiger partial charge in [-0.3, -0.25) is 0 Å². The smallest absolute Gasteiger partial charge is 0.338 e. The first-order valence-electron chi connectivity index (χ1n) is 2.17. The molecule has 0 fully saturated rings. The Hall–Kier alpha value is -0.175. The molecule has 5 nitrogen and oxygen atoms in total. The van der Waals surface area contributed by atoms with Crippen molar-refractivity contribution in [3.63, 3.8) is 0 Å². The van der Waals surface area contributed by atoms with Gasteiger partial charge < -0.3 is 14.5 Å². The number of hydrogen-bond donors (Lipinski definition) is 2. The molecule has 2 N–H and O–H groups in total. The average Bonchev–Trinajstić information content (AvgIpc) is 1.58. The molecule has 0 aromatic carbocycles. The van der Waals surface area contributed by atoms with Crippen molar-refractivity contribution in [1.29, 1.82) is 0 Å². The average molecular weight is 182 g/mol. The summed E-state index contributed by atoms with van der Waals surface area (Å²) >= 11 is 0. The summed E-state index contributed by atoms with van der Waals surface area (Å²) in [7, 11) is -1.42. The molecule has 0 aliphatic carbocycles. The third-order valence-electron chi connectivity index (χ3n) is 0.424. The zero-order valence-corrected chi connectivity index (χ0v) is 6.96. The molecule has 0 aliphatic rings. The lowest BCUT2D eigenvalue weighted by molar-refractivity contribution is 0.218. The van der Waals surface area contributed by atoms with E-state index in [1.165, 1.54) is 7.57 Å². The van der Waals surface area contributed by atoms with E-state index in [1.807, 2.05) is 0 Å². The molecule has 8 heteroatoms. The molecule has 0 rings (SSSR count). The van der Waals surface area contributed by atoms with Crippen LogP contribution < -0.4 is 0 Å². The van der Waals surface area contributed by atoms with Crippen LogP contribution in [0.3, 0.4) is 0 Å². The van der Waals surface area contributed by atoms with Gasteiger partial charge >= 0.3 is 11.4 Å². The molecule has 0 saturated heterocycles. The Morgan fingerprint density at radius 1 is 1.60 bits per heavy atom. The van der Waals surface area contributed by atoms with Crippen molar-refractivity contribution < 1.29 is 24.1 Å². The van der Waals surface area contributed by atoms with E-state index in [0.717, 1.165) is 0 Å². The molecule has 0 bridgehead atoms. The van der Waals surface area contributed by atoms with Crippen molar-refractivity contribution in [2.45, 2.75) is 0 Å². The highest BCUT2D eigenvalue weighted by molar-refractivity contribution is 7.77. The van der Waals surface area contributed by atoms with E-state index in [9.17, 15) is 9.59 Å². The summed E-state index contributed by atoms with van der Waals surface area (Å²) in [5, 5.41) is 8.03. The molecule has 2 atom stereocenters. The van der Waals surface area contributed by atoms with E-state index in [-0.39, 0.29) is 0 Å². The molecule has 10 heavy (non-hydrogen) atoms.